The van der Waals surface area contributed by atoms with Gasteiger partial charge in [-0.05, 0) is 43.0 Å². The Morgan fingerprint density at radius 1 is 1.32 bits per heavy atom. The molecule has 19 heavy (non-hydrogen) atoms. The average molecular weight is 285 g/mol. The van der Waals surface area contributed by atoms with Crippen LogP contribution in [0.1, 0.15) is 35.3 Å². The first-order valence-corrected chi connectivity index (χ1v) is 6.30. The largest absolute Gasteiger partial charge is 0.341 e. The Morgan fingerprint density at radius 3 is 2.42 bits per heavy atom. The summed E-state index contributed by atoms with van der Waals surface area (Å²) in [5.74, 6) is 0.0673. The van der Waals surface area contributed by atoms with Crippen LogP contribution in [-0.4, -0.2) is 30.9 Å². The van der Waals surface area contributed by atoms with Crippen LogP contribution in [0, 0.1) is 19.3 Å². The lowest BCUT2D eigenvalue weighted by molar-refractivity contribution is 0.0739. The van der Waals surface area contributed by atoms with Gasteiger partial charge in [-0.15, -0.1) is 12.4 Å². The smallest absolute Gasteiger partial charge is 0.253 e. The zero-order valence-electron chi connectivity index (χ0n) is 12.5. The number of carbonyl (C=O) groups is 1. The van der Waals surface area contributed by atoms with E-state index in [1.807, 2.05) is 39.1 Å². The van der Waals surface area contributed by atoms with Crippen molar-refractivity contribution in [2.45, 2.75) is 27.7 Å². The van der Waals surface area contributed by atoms with Gasteiger partial charge in [0.2, 0.25) is 0 Å². The quantitative estimate of drug-likeness (QED) is 0.924. The highest BCUT2D eigenvalue weighted by Gasteiger charge is 2.22. The van der Waals surface area contributed by atoms with Crippen LogP contribution >= 0.6 is 12.4 Å². The lowest BCUT2D eigenvalue weighted by atomic mass is 9.92. The molecule has 108 valence electrons. The Labute approximate surface area is 122 Å². The summed E-state index contributed by atoms with van der Waals surface area (Å²) in [6, 6.07) is 5.84. The van der Waals surface area contributed by atoms with Crippen molar-refractivity contribution < 1.29 is 4.79 Å². The van der Waals surface area contributed by atoms with Crippen LogP contribution in [0.25, 0.3) is 0 Å². The molecule has 1 aromatic carbocycles. The number of aryl methyl sites for hydroxylation is 1. The first kappa shape index (κ1) is 17.9. The second kappa shape index (κ2) is 6.92. The average Bonchev–Trinajstić information content (AvgIpc) is 2.31. The standard InChI is InChI=1S/C15H24N2O.ClH/c1-11-7-6-8-13(12(11)2)14(18)17(5)10-15(3,4)9-16;/h6-8H,9-10,16H2,1-5H3;1H. The van der Waals surface area contributed by atoms with Crippen molar-refractivity contribution in [3.05, 3.63) is 34.9 Å². The molecule has 0 bridgehead atoms. The van der Waals surface area contributed by atoms with Gasteiger partial charge >= 0.3 is 0 Å². The second-order valence-corrected chi connectivity index (χ2v) is 5.78. The molecule has 3 nitrogen and oxygen atoms in total. The highest BCUT2D eigenvalue weighted by atomic mass is 35.5. The minimum Gasteiger partial charge on any atom is -0.341 e. The van der Waals surface area contributed by atoms with Gasteiger partial charge in [0, 0.05) is 19.2 Å². The summed E-state index contributed by atoms with van der Waals surface area (Å²) in [7, 11) is 1.83. The van der Waals surface area contributed by atoms with E-state index in [-0.39, 0.29) is 23.7 Å². The molecule has 0 atom stereocenters. The molecule has 0 saturated carbocycles. The third-order valence-corrected chi connectivity index (χ3v) is 3.40. The van der Waals surface area contributed by atoms with Crippen molar-refractivity contribution in [2.24, 2.45) is 11.1 Å². The first-order chi connectivity index (χ1) is 8.28. The predicted octanol–water partition coefficient (Wildman–Crippen LogP) is 2.78. The molecule has 0 fully saturated rings. The Hall–Kier alpha value is -1.06. The highest BCUT2D eigenvalue weighted by molar-refractivity contribution is 5.95. The number of carbonyl (C=O) groups excluding carboxylic acids is 1. The zero-order chi connectivity index (χ0) is 13.9. The molecule has 0 aliphatic rings. The molecule has 0 aromatic heterocycles. The maximum atomic E-state index is 12.4. The lowest BCUT2D eigenvalue weighted by Gasteiger charge is -2.29. The van der Waals surface area contributed by atoms with Gasteiger partial charge in [-0.25, -0.2) is 0 Å². The van der Waals surface area contributed by atoms with Gasteiger partial charge in [-0.2, -0.15) is 0 Å². The zero-order valence-corrected chi connectivity index (χ0v) is 13.3. The molecule has 1 rings (SSSR count). The van der Waals surface area contributed by atoms with Crippen molar-refractivity contribution in [3.8, 4) is 0 Å². The minimum atomic E-state index is -0.0534. The normalized spacial score (nSPS) is 10.8. The molecule has 0 spiro atoms. The number of rotatable bonds is 4. The van der Waals surface area contributed by atoms with Gasteiger partial charge in [0.1, 0.15) is 0 Å². The fraction of sp³-hybridized carbons (Fsp3) is 0.533. The maximum absolute atomic E-state index is 12.4. The molecular weight excluding hydrogens is 260 g/mol. The Bertz CT molecular complexity index is 444. The van der Waals surface area contributed by atoms with Crippen molar-refractivity contribution in [1.29, 1.82) is 0 Å². The van der Waals surface area contributed by atoms with Crippen molar-refractivity contribution in [3.63, 3.8) is 0 Å². The van der Waals surface area contributed by atoms with E-state index >= 15 is 0 Å². The number of nitrogens with zero attached hydrogens (tertiary/aromatic N) is 1. The van der Waals surface area contributed by atoms with E-state index in [0.717, 1.165) is 16.7 Å². The molecule has 0 saturated heterocycles. The number of benzene rings is 1. The Kier molecular flexibility index (Phi) is 6.53. The van der Waals surface area contributed by atoms with Crippen LogP contribution in [0.4, 0.5) is 0 Å². The number of halogens is 1. The number of hydrogen-bond donors (Lipinski definition) is 1. The number of amides is 1. The summed E-state index contributed by atoms with van der Waals surface area (Å²) in [6.45, 7) is 9.38. The van der Waals surface area contributed by atoms with Crippen LogP contribution in [0.2, 0.25) is 0 Å². The van der Waals surface area contributed by atoms with Crippen molar-refractivity contribution in [2.75, 3.05) is 20.1 Å². The van der Waals surface area contributed by atoms with E-state index in [9.17, 15) is 4.79 Å². The maximum Gasteiger partial charge on any atom is 0.253 e. The van der Waals surface area contributed by atoms with E-state index < -0.39 is 0 Å². The topological polar surface area (TPSA) is 46.3 Å². The third-order valence-electron chi connectivity index (χ3n) is 3.40. The second-order valence-electron chi connectivity index (χ2n) is 5.78. The van der Waals surface area contributed by atoms with Crippen LogP contribution in [0.3, 0.4) is 0 Å². The van der Waals surface area contributed by atoms with Gasteiger partial charge in [0.25, 0.3) is 5.91 Å². The highest BCUT2D eigenvalue weighted by Crippen LogP contribution is 2.18. The molecule has 0 heterocycles. The molecule has 0 radical (unpaired) electrons. The molecule has 0 unspecified atom stereocenters. The van der Waals surface area contributed by atoms with E-state index in [0.29, 0.717) is 13.1 Å². The Balaban J connectivity index is 0.00000324. The fourth-order valence-electron chi connectivity index (χ4n) is 1.97. The number of nitrogens with two attached hydrogens (primary N) is 1. The van der Waals surface area contributed by atoms with Crippen molar-refractivity contribution >= 4 is 18.3 Å². The molecule has 1 aromatic rings. The van der Waals surface area contributed by atoms with E-state index in [2.05, 4.69) is 13.8 Å². The number of hydrogen-bond acceptors (Lipinski definition) is 2. The summed E-state index contributed by atoms with van der Waals surface area (Å²) in [5.41, 5.74) is 8.64. The molecule has 2 N–H and O–H groups in total. The summed E-state index contributed by atoms with van der Waals surface area (Å²) >= 11 is 0. The SMILES string of the molecule is Cc1cccc(C(=O)N(C)CC(C)(C)CN)c1C.Cl. The molecular formula is C15H25ClN2O. The monoisotopic (exact) mass is 284 g/mol. The van der Waals surface area contributed by atoms with E-state index in [1.54, 1.807) is 4.90 Å². The fourth-order valence-corrected chi connectivity index (χ4v) is 1.97. The lowest BCUT2D eigenvalue weighted by Crippen LogP contribution is -2.40. The van der Waals surface area contributed by atoms with Gasteiger partial charge in [-0.3, -0.25) is 4.79 Å². The Morgan fingerprint density at radius 2 is 1.89 bits per heavy atom. The van der Waals surface area contributed by atoms with Crippen LogP contribution < -0.4 is 5.73 Å². The molecule has 4 heteroatoms. The van der Waals surface area contributed by atoms with Crippen molar-refractivity contribution in [1.82, 2.24) is 4.90 Å². The summed E-state index contributed by atoms with van der Waals surface area (Å²) < 4.78 is 0. The third kappa shape index (κ3) is 4.51. The summed E-state index contributed by atoms with van der Waals surface area (Å²) in [4.78, 5) is 14.2. The summed E-state index contributed by atoms with van der Waals surface area (Å²) in [5, 5.41) is 0. The van der Waals surface area contributed by atoms with E-state index in [1.165, 1.54) is 0 Å². The van der Waals surface area contributed by atoms with Crippen LogP contribution in [0.5, 0.6) is 0 Å². The molecule has 0 aliphatic carbocycles. The van der Waals surface area contributed by atoms with Crippen LogP contribution in [0.15, 0.2) is 18.2 Å². The van der Waals surface area contributed by atoms with Gasteiger partial charge in [0.05, 0.1) is 0 Å². The van der Waals surface area contributed by atoms with E-state index in [4.69, 9.17) is 5.73 Å². The molecule has 0 aliphatic heterocycles. The van der Waals surface area contributed by atoms with Gasteiger partial charge < -0.3 is 10.6 Å². The first-order valence-electron chi connectivity index (χ1n) is 6.30. The minimum absolute atomic E-state index is 0. The van der Waals surface area contributed by atoms with Crippen LogP contribution in [-0.2, 0) is 0 Å². The van der Waals surface area contributed by atoms with Gasteiger partial charge in [-0.1, -0.05) is 26.0 Å². The molecule has 1 amide bonds. The predicted molar refractivity (Wildman–Crippen MR) is 83.0 cm³/mol. The van der Waals surface area contributed by atoms with Gasteiger partial charge in [0.15, 0.2) is 0 Å². The summed E-state index contributed by atoms with van der Waals surface area (Å²) in [6.07, 6.45) is 0.